The predicted molar refractivity (Wildman–Crippen MR) is 74.5 cm³/mol. The van der Waals surface area contributed by atoms with Crippen molar-refractivity contribution in [3.05, 3.63) is 52.1 Å². The summed E-state index contributed by atoms with van der Waals surface area (Å²) in [5.74, 6) is 0.959. The molecule has 92 valence electrons. The molecule has 0 saturated heterocycles. The first kappa shape index (κ1) is 11.6. The summed E-state index contributed by atoms with van der Waals surface area (Å²) in [6, 6.07) is 9.59. The third-order valence-electron chi connectivity index (χ3n) is 2.90. The van der Waals surface area contributed by atoms with Crippen molar-refractivity contribution in [2.24, 2.45) is 0 Å². The summed E-state index contributed by atoms with van der Waals surface area (Å²) < 4.78 is 8.09. The number of nitrogens with one attached hydrogen (secondary N) is 1. The molecule has 1 N–H and O–H groups in total. The summed E-state index contributed by atoms with van der Waals surface area (Å²) in [4.78, 5) is 3.16. The van der Waals surface area contributed by atoms with E-state index < -0.39 is 0 Å². The van der Waals surface area contributed by atoms with Gasteiger partial charge in [-0.3, -0.25) is 0 Å². The molecule has 0 amide bonds. The number of aromatic nitrogens is 2. The Bertz CT molecular complexity index is 727. The quantitative estimate of drug-likeness (QED) is 0.729. The minimum Gasteiger partial charge on any atom is -0.469 e. The highest BCUT2D eigenvalue weighted by atomic mass is 35.5. The molecule has 0 aliphatic heterocycles. The second-order valence-corrected chi connectivity index (χ2v) is 4.90. The lowest BCUT2D eigenvalue weighted by molar-refractivity contribution is 0.492. The molecule has 2 aromatic heterocycles. The van der Waals surface area contributed by atoms with Crippen LogP contribution < -0.4 is 0 Å². The Hall–Kier alpha value is -1.52. The van der Waals surface area contributed by atoms with Crippen molar-refractivity contribution >= 4 is 34.9 Å². The third kappa shape index (κ3) is 2.09. The molecule has 3 aromatic rings. The Morgan fingerprint density at radius 2 is 2.22 bits per heavy atom. The lowest BCUT2D eigenvalue weighted by atomic mass is 10.3. The van der Waals surface area contributed by atoms with E-state index in [9.17, 15) is 0 Å². The molecule has 0 fully saturated rings. The number of benzene rings is 1. The van der Waals surface area contributed by atoms with Crippen LogP contribution in [0.1, 0.15) is 5.76 Å². The highest BCUT2D eigenvalue weighted by Gasteiger charge is 2.05. The van der Waals surface area contributed by atoms with Gasteiger partial charge in [-0.25, -0.2) is 0 Å². The van der Waals surface area contributed by atoms with E-state index in [1.807, 2.05) is 30.3 Å². The Morgan fingerprint density at radius 3 is 3.00 bits per heavy atom. The SMILES string of the molecule is S=c1[nH]c2cc(Cl)ccc2n1CCc1ccco1. The first-order valence-electron chi connectivity index (χ1n) is 5.64. The molecule has 0 unspecified atom stereocenters. The highest BCUT2D eigenvalue weighted by molar-refractivity contribution is 7.71. The van der Waals surface area contributed by atoms with Crippen LogP contribution in [0.3, 0.4) is 0 Å². The van der Waals surface area contributed by atoms with E-state index in [0.29, 0.717) is 9.79 Å². The molecule has 5 heteroatoms. The Labute approximate surface area is 114 Å². The molecule has 0 atom stereocenters. The van der Waals surface area contributed by atoms with E-state index in [1.54, 1.807) is 6.26 Å². The number of H-pyrrole nitrogens is 1. The maximum Gasteiger partial charge on any atom is 0.178 e. The van der Waals surface area contributed by atoms with Crippen molar-refractivity contribution in [2.45, 2.75) is 13.0 Å². The second-order valence-electron chi connectivity index (χ2n) is 4.07. The van der Waals surface area contributed by atoms with Crippen molar-refractivity contribution in [2.75, 3.05) is 0 Å². The molecule has 2 heterocycles. The predicted octanol–water partition coefficient (Wildman–Crippen LogP) is 4.19. The number of hydrogen-bond acceptors (Lipinski definition) is 2. The minimum absolute atomic E-state index is 0.705. The monoisotopic (exact) mass is 278 g/mol. The van der Waals surface area contributed by atoms with E-state index in [-0.39, 0.29) is 0 Å². The number of imidazole rings is 1. The molecule has 18 heavy (non-hydrogen) atoms. The van der Waals surface area contributed by atoms with Crippen molar-refractivity contribution in [1.82, 2.24) is 9.55 Å². The maximum atomic E-state index is 5.96. The topological polar surface area (TPSA) is 33.9 Å². The Balaban J connectivity index is 1.96. The molecule has 0 aliphatic carbocycles. The highest BCUT2D eigenvalue weighted by Crippen LogP contribution is 2.19. The number of rotatable bonds is 3. The number of nitrogens with zero attached hydrogens (tertiary/aromatic N) is 1. The van der Waals surface area contributed by atoms with Crippen LogP contribution >= 0.6 is 23.8 Å². The number of halogens is 1. The summed E-state index contributed by atoms with van der Waals surface area (Å²) in [5.41, 5.74) is 2.03. The zero-order valence-electron chi connectivity index (χ0n) is 9.52. The van der Waals surface area contributed by atoms with E-state index >= 15 is 0 Å². The fraction of sp³-hybridized carbons (Fsp3) is 0.154. The van der Waals surface area contributed by atoms with Crippen LogP contribution in [-0.2, 0) is 13.0 Å². The number of furan rings is 1. The van der Waals surface area contributed by atoms with E-state index in [2.05, 4.69) is 9.55 Å². The molecule has 0 bridgehead atoms. The lowest BCUT2D eigenvalue weighted by Crippen LogP contribution is -2.00. The van der Waals surface area contributed by atoms with Crippen LogP contribution in [0.2, 0.25) is 5.02 Å². The van der Waals surface area contributed by atoms with Crippen molar-refractivity contribution in [1.29, 1.82) is 0 Å². The van der Waals surface area contributed by atoms with Gasteiger partial charge in [0.1, 0.15) is 5.76 Å². The van der Waals surface area contributed by atoms with Crippen molar-refractivity contribution in [3.63, 3.8) is 0 Å². The van der Waals surface area contributed by atoms with E-state index in [4.69, 9.17) is 28.2 Å². The largest absolute Gasteiger partial charge is 0.469 e. The Morgan fingerprint density at radius 1 is 1.33 bits per heavy atom. The zero-order chi connectivity index (χ0) is 12.5. The normalized spacial score (nSPS) is 11.2. The fourth-order valence-electron chi connectivity index (χ4n) is 2.03. The first-order valence-corrected chi connectivity index (χ1v) is 6.43. The minimum atomic E-state index is 0.705. The molecule has 3 rings (SSSR count). The van der Waals surface area contributed by atoms with Crippen LogP contribution in [0.25, 0.3) is 11.0 Å². The molecule has 0 radical (unpaired) electrons. The average molecular weight is 279 g/mol. The van der Waals surface area contributed by atoms with Crippen LogP contribution in [-0.4, -0.2) is 9.55 Å². The summed E-state index contributed by atoms with van der Waals surface area (Å²) >= 11 is 11.3. The van der Waals surface area contributed by atoms with Gasteiger partial charge in [0.2, 0.25) is 0 Å². The van der Waals surface area contributed by atoms with Crippen molar-refractivity contribution in [3.8, 4) is 0 Å². The van der Waals surface area contributed by atoms with E-state index in [0.717, 1.165) is 29.8 Å². The van der Waals surface area contributed by atoms with E-state index in [1.165, 1.54) is 0 Å². The fourth-order valence-corrected chi connectivity index (χ4v) is 2.51. The number of aromatic amines is 1. The van der Waals surface area contributed by atoms with Gasteiger partial charge in [-0.05, 0) is 42.5 Å². The molecule has 3 nitrogen and oxygen atoms in total. The average Bonchev–Trinajstić information content (AvgIpc) is 2.93. The summed E-state index contributed by atoms with van der Waals surface area (Å²) in [5, 5.41) is 0.705. The van der Waals surface area contributed by atoms with Gasteiger partial charge >= 0.3 is 0 Å². The van der Waals surface area contributed by atoms with Crippen LogP contribution in [0.5, 0.6) is 0 Å². The smallest absolute Gasteiger partial charge is 0.178 e. The van der Waals surface area contributed by atoms with Gasteiger partial charge in [-0.2, -0.15) is 0 Å². The number of hydrogen-bond donors (Lipinski definition) is 1. The lowest BCUT2D eigenvalue weighted by Gasteiger charge is -2.02. The molecular formula is C13H11ClN2OS. The van der Waals surface area contributed by atoms with Gasteiger partial charge in [0.05, 0.1) is 17.3 Å². The van der Waals surface area contributed by atoms with Crippen LogP contribution in [0, 0.1) is 4.77 Å². The van der Waals surface area contributed by atoms with Gasteiger partial charge in [-0.1, -0.05) is 11.6 Å². The third-order valence-corrected chi connectivity index (χ3v) is 3.46. The molecule has 1 aromatic carbocycles. The van der Waals surface area contributed by atoms with Gasteiger partial charge in [0.15, 0.2) is 4.77 Å². The second kappa shape index (κ2) is 4.63. The van der Waals surface area contributed by atoms with Gasteiger partial charge < -0.3 is 14.0 Å². The summed E-state index contributed by atoms with van der Waals surface area (Å²) in [7, 11) is 0. The number of aryl methyl sites for hydroxylation is 2. The van der Waals surface area contributed by atoms with Gasteiger partial charge in [-0.15, -0.1) is 0 Å². The Kier molecular flexibility index (Phi) is 2.97. The zero-order valence-corrected chi connectivity index (χ0v) is 11.1. The summed E-state index contributed by atoms with van der Waals surface area (Å²) in [6.45, 7) is 0.786. The molecule has 0 saturated carbocycles. The molecule has 0 aliphatic rings. The van der Waals surface area contributed by atoms with Gasteiger partial charge in [0, 0.05) is 18.0 Å². The first-order chi connectivity index (χ1) is 8.74. The number of fused-ring (bicyclic) bond motifs is 1. The van der Waals surface area contributed by atoms with Gasteiger partial charge in [0.25, 0.3) is 0 Å². The summed E-state index contributed by atoms with van der Waals surface area (Å²) in [6.07, 6.45) is 2.50. The van der Waals surface area contributed by atoms with Crippen molar-refractivity contribution < 1.29 is 4.42 Å². The van der Waals surface area contributed by atoms with Crippen LogP contribution in [0.4, 0.5) is 0 Å². The molecular weight excluding hydrogens is 268 g/mol. The maximum absolute atomic E-state index is 5.96. The van der Waals surface area contributed by atoms with Crippen LogP contribution in [0.15, 0.2) is 41.0 Å². The molecule has 0 spiro atoms. The standard InChI is InChI=1S/C13H11ClN2OS/c14-9-3-4-12-11(8-9)15-13(18)16(12)6-5-10-2-1-7-17-10/h1-4,7-8H,5-6H2,(H,15,18).